The molecule has 1 N–H and O–H groups in total. The molecule has 1 aromatic carbocycles. The second kappa shape index (κ2) is 9.02. The molecule has 0 aliphatic carbocycles. The first-order chi connectivity index (χ1) is 10.4. The highest BCUT2D eigenvalue weighted by molar-refractivity contribution is 5.80. The van der Waals surface area contributed by atoms with Crippen LogP contribution in [0.4, 0.5) is 4.39 Å². The third kappa shape index (κ3) is 6.11. The zero-order chi connectivity index (χ0) is 16.5. The Morgan fingerprint density at radius 1 is 1.23 bits per heavy atom. The standard InChI is InChI=1S/C16H25FN4O/c1-5-18-16(19-11-10-15(22)20(2)3)21(4)12-13-6-8-14(17)9-7-13/h6-9H,5,10-12H2,1-4H3,(H,18,19). The highest BCUT2D eigenvalue weighted by Crippen LogP contribution is 2.06. The van der Waals surface area contributed by atoms with Gasteiger partial charge in [-0.3, -0.25) is 9.79 Å². The van der Waals surface area contributed by atoms with Crippen molar-refractivity contribution in [1.82, 2.24) is 15.1 Å². The van der Waals surface area contributed by atoms with Crippen molar-refractivity contribution in [3.05, 3.63) is 35.6 Å². The van der Waals surface area contributed by atoms with Crippen LogP contribution < -0.4 is 5.32 Å². The van der Waals surface area contributed by atoms with Crippen LogP contribution in [0, 0.1) is 5.82 Å². The molecule has 0 saturated carbocycles. The summed E-state index contributed by atoms with van der Waals surface area (Å²) in [6.45, 7) is 3.79. The number of hydrogen-bond donors (Lipinski definition) is 1. The summed E-state index contributed by atoms with van der Waals surface area (Å²) in [5.74, 6) is 0.549. The minimum absolute atomic E-state index is 0.0563. The first-order valence-corrected chi connectivity index (χ1v) is 7.38. The summed E-state index contributed by atoms with van der Waals surface area (Å²) in [6.07, 6.45) is 0.381. The molecule has 0 radical (unpaired) electrons. The van der Waals surface area contributed by atoms with Gasteiger partial charge < -0.3 is 15.1 Å². The topological polar surface area (TPSA) is 47.9 Å². The molecular weight excluding hydrogens is 283 g/mol. The molecular formula is C16H25FN4O. The summed E-state index contributed by atoms with van der Waals surface area (Å²) in [5.41, 5.74) is 0.999. The Bertz CT molecular complexity index is 499. The largest absolute Gasteiger partial charge is 0.357 e. The first kappa shape index (κ1) is 17.9. The Balaban J connectivity index is 2.63. The molecule has 122 valence electrons. The van der Waals surface area contributed by atoms with Gasteiger partial charge in [0.15, 0.2) is 5.96 Å². The van der Waals surface area contributed by atoms with E-state index < -0.39 is 0 Å². The van der Waals surface area contributed by atoms with Crippen molar-refractivity contribution in [2.24, 2.45) is 4.99 Å². The number of hydrogen-bond acceptors (Lipinski definition) is 2. The molecule has 0 spiro atoms. The van der Waals surface area contributed by atoms with Crippen molar-refractivity contribution in [2.45, 2.75) is 19.9 Å². The molecule has 0 aliphatic heterocycles. The van der Waals surface area contributed by atoms with E-state index in [2.05, 4.69) is 10.3 Å². The van der Waals surface area contributed by atoms with E-state index in [0.29, 0.717) is 19.5 Å². The lowest BCUT2D eigenvalue weighted by atomic mass is 10.2. The van der Waals surface area contributed by atoms with Crippen LogP contribution in [0.5, 0.6) is 0 Å². The first-order valence-electron chi connectivity index (χ1n) is 7.38. The van der Waals surface area contributed by atoms with Crippen LogP contribution in [0.3, 0.4) is 0 Å². The molecule has 0 atom stereocenters. The highest BCUT2D eigenvalue weighted by Gasteiger charge is 2.08. The number of guanidine groups is 1. The van der Waals surface area contributed by atoms with Crippen LogP contribution in [0.2, 0.25) is 0 Å². The average Bonchev–Trinajstić information content (AvgIpc) is 2.48. The predicted molar refractivity (Wildman–Crippen MR) is 87.2 cm³/mol. The lowest BCUT2D eigenvalue weighted by Crippen LogP contribution is -2.38. The summed E-state index contributed by atoms with van der Waals surface area (Å²) >= 11 is 0. The average molecular weight is 308 g/mol. The Kier molecular flexibility index (Phi) is 7.36. The molecule has 6 heteroatoms. The van der Waals surface area contributed by atoms with E-state index >= 15 is 0 Å². The van der Waals surface area contributed by atoms with Crippen LogP contribution in [0.1, 0.15) is 18.9 Å². The monoisotopic (exact) mass is 308 g/mol. The normalized spacial score (nSPS) is 11.2. The van der Waals surface area contributed by atoms with Crippen LogP contribution in [-0.2, 0) is 11.3 Å². The number of carbonyl (C=O) groups excluding carboxylic acids is 1. The maximum atomic E-state index is 12.9. The van der Waals surface area contributed by atoms with E-state index in [4.69, 9.17) is 0 Å². The van der Waals surface area contributed by atoms with Crippen molar-refractivity contribution >= 4 is 11.9 Å². The van der Waals surface area contributed by atoms with Crippen LogP contribution in [0.15, 0.2) is 29.3 Å². The second-order valence-electron chi connectivity index (χ2n) is 5.26. The van der Waals surface area contributed by atoms with E-state index in [-0.39, 0.29) is 11.7 Å². The SMILES string of the molecule is CCNC(=NCCC(=O)N(C)C)N(C)Cc1ccc(F)cc1. The smallest absolute Gasteiger partial charge is 0.223 e. The molecule has 0 fully saturated rings. The molecule has 0 saturated heterocycles. The van der Waals surface area contributed by atoms with Gasteiger partial charge in [0.25, 0.3) is 0 Å². The number of carbonyl (C=O) groups is 1. The number of halogens is 1. The zero-order valence-corrected chi connectivity index (χ0v) is 13.8. The van der Waals surface area contributed by atoms with Gasteiger partial charge >= 0.3 is 0 Å². The van der Waals surface area contributed by atoms with Crippen molar-refractivity contribution in [3.8, 4) is 0 Å². The van der Waals surface area contributed by atoms with Crippen LogP contribution >= 0.6 is 0 Å². The number of nitrogens with one attached hydrogen (secondary N) is 1. The summed E-state index contributed by atoms with van der Waals surface area (Å²) in [5, 5.41) is 3.19. The van der Waals surface area contributed by atoms with Gasteiger partial charge in [-0.2, -0.15) is 0 Å². The zero-order valence-electron chi connectivity index (χ0n) is 13.8. The predicted octanol–water partition coefficient (Wildman–Crippen LogP) is 1.70. The van der Waals surface area contributed by atoms with Gasteiger partial charge in [-0.15, -0.1) is 0 Å². The molecule has 0 heterocycles. The van der Waals surface area contributed by atoms with Gasteiger partial charge in [-0.25, -0.2) is 4.39 Å². The van der Waals surface area contributed by atoms with Crippen LogP contribution in [0.25, 0.3) is 0 Å². The summed E-state index contributed by atoms with van der Waals surface area (Å²) in [6, 6.07) is 6.40. The molecule has 0 unspecified atom stereocenters. The second-order valence-corrected chi connectivity index (χ2v) is 5.26. The van der Waals surface area contributed by atoms with Crippen molar-refractivity contribution < 1.29 is 9.18 Å². The summed E-state index contributed by atoms with van der Waals surface area (Å²) in [4.78, 5) is 19.5. The number of benzene rings is 1. The molecule has 1 amide bonds. The molecule has 5 nitrogen and oxygen atoms in total. The number of aliphatic imine (C=N–C) groups is 1. The maximum Gasteiger partial charge on any atom is 0.223 e. The van der Waals surface area contributed by atoms with E-state index in [9.17, 15) is 9.18 Å². The minimum atomic E-state index is -0.242. The van der Waals surface area contributed by atoms with Crippen molar-refractivity contribution in [1.29, 1.82) is 0 Å². The Hall–Kier alpha value is -2.11. The number of amides is 1. The Morgan fingerprint density at radius 3 is 2.41 bits per heavy atom. The molecule has 1 rings (SSSR count). The molecule has 1 aromatic rings. The number of nitrogens with zero attached hydrogens (tertiary/aromatic N) is 3. The van der Waals surface area contributed by atoms with Gasteiger partial charge in [0.2, 0.25) is 5.91 Å². The van der Waals surface area contributed by atoms with Gasteiger partial charge in [-0.1, -0.05) is 12.1 Å². The number of rotatable bonds is 6. The lowest BCUT2D eigenvalue weighted by Gasteiger charge is -2.22. The van der Waals surface area contributed by atoms with E-state index in [1.165, 1.54) is 12.1 Å². The van der Waals surface area contributed by atoms with Gasteiger partial charge in [-0.05, 0) is 24.6 Å². The molecule has 0 aliphatic rings. The van der Waals surface area contributed by atoms with Crippen LogP contribution in [-0.4, -0.2) is 55.9 Å². The Morgan fingerprint density at radius 2 is 1.86 bits per heavy atom. The summed E-state index contributed by atoms with van der Waals surface area (Å²) < 4.78 is 12.9. The summed E-state index contributed by atoms with van der Waals surface area (Å²) in [7, 11) is 5.38. The fourth-order valence-electron chi connectivity index (χ4n) is 1.89. The van der Waals surface area contributed by atoms with Gasteiger partial charge in [0.05, 0.1) is 6.54 Å². The van der Waals surface area contributed by atoms with Gasteiger partial charge in [0.1, 0.15) is 5.82 Å². The third-order valence-electron chi connectivity index (χ3n) is 3.12. The lowest BCUT2D eigenvalue weighted by molar-refractivity contribution is -0.128. The van der Waals surface area contributed by atoms with Crippen molar-refractivity contribution in [2.75, 3.05) is 34.2 Å². The maximum absolute atomic E-state index is 12.9. The highest BCUT2D eigenvalue weighted by atomic mass is 19.1. The molecule has 22 heavy (non-hydrogen) atoms. The van der Waals surface area contributed by atoms with Crippen molar-refractivity contribution in [3.63, 3.8) is 0 Å². The fourth-order valence-corrected chi connectivity index (χ4v) is 1.89. The fraction of sp³-hybridized carbons (Fsp3) is 0.500. The molecule has 0 bridgehead atoms. The van der Waals surface area contributed by atoms with Gasteiger partial charge in [0, 0.05) is 40.7 Å². The quantitative estimate of drug-likeness (QED) is 0.643. The molecule has 0 aromatic heterocycles. The van der Waals surface area contributed by atoms with E-state index in [1.807, 2.05) is 18.9 Å². The minimum Gasteiger partial charge on any atom is -0.357 e. The van der Waals surface area contributed by atoms with E-state index in [1.54, 1.807) is 31.1 Å². The van der Waals surface area contributed by atoms with E-state index in [0.717, 1.165) is 18.1 Å². The Labute approximate surface area is 131 Å². The third-order valence-corrected chi connectivity index (χ3v) is 3.12.